The van der Waals surface area contributed by atoms with Crippen molar-refractivity contribution in [2.24, 2.45) is 5.92 Å². The molecule has 1 aliphatic rings. The highest BCUT2D eigenvalue weighted by Crippen LogP contribution is 2.44. The largest absolute Gasteiger partial charge is 0.481 e. The standard InChI is InChI=1S/C24H25N5O5/c1-13(2)19(11-20(30)31)25-22(32)21-26-23(29-28-21)27-24(33)34-12-18-16-9-5-3-7-14(16)15-8-4-6-10-17(15)18/h3-10,13,18-19H,11-12H2,1-2H3,(H,25,32)(H,30,31)(H2,26,27,28,29,33)/t19-/m0/s1. The van der Waals surface area contributed by atoms with Crippen LogP contribution in [0.3, 0.4) is 0 Å². The van der Waals surface area contributed by atoms with E-state index < -0.39 is 24.0 Å². The summed E-state index contributed by atoms with van der Waals surface area (Å²) in [5.41, 5.74) is 4.43. The van der Waals surface area contributed by atoms with Crippen molar-refractivity contribution in [3.8, 4) is 11.1 Å². The molecule has 0 aliphatic heterocycles. The summed E-state index contributed by atoms with van der Waals surface area (Å²) in [4.78, 5) is 39.7. The van der Waals surface area contributed by atoms with Crippen LogP contribution in [0.25, 0.3) is 11.1 Å². The van der Waals surface area contributed by atoms with Gasteiger partial charge in [-0.3, -0.25) is 20.0 Å². The first kappa shape index (κ1) is 23.0. The molecular formula is C24H25N5O5. The van der Waals surface area contributed by atoms with Crippen molar-refractivity contribution in [1.29, 1.82) is 0 Å². The van der Waals surface area contributed by atoms with Crippen LogP contribution in [0.5, 0.6) is 0 Å². The van der Waals surface area contributed by atoms with Crippen LogP contribution in [0.4, 0.5) is 10.7 Å². The molecule has 2 amide bonds. The number of ether oxygens (including phenoxy) is 1. The molecule has 4 rings (SSSR count). The number of aromatic amines is 1. The van der Waals surface area contributed by atoms with Gasteiger partial charge < -0.3 is 15.2 Å². The lowest BCUT2D eigenvalue weighted by Gasteiger charge is -2.19. The number of benzene rings is 2. The molecule has 0 saturated carbocycles. The van der Waals surface area contributed by atoms with Crippen molar-refractivity contribution < 1.29 is 24.2 Å². The maximum atomic E-state index is 12.4. The van der Waals surface area contributed by atoms with Gasteiger partial charge >= 0.3 is 12.1 Å². The number of nitrogens with zero attached hydrogens (tertiary/aromatic N) is 2. The zero-order valence-electron chi connectivity index (χ0n) is 18.7. The highest BCUT2D eigenvalue weighted by molar-refractivity contribution is 5.92. The SMILES string of the molecule is CC(C)[C@H](CC(=O)O)NC(=O)c1nc(NC(=O)OCC2c3ccccc3-c3ccccc32)n[nH]1. The number of nitrogens with one attached hydrogen (secondary N) is 3. The van der Waals surface area contributed by atoms with Crippen LogP contribution in [-0.4, -0.2) is 50.9 Å². The van der Waals surface area contributed by atoms with Gasteiger partial charge in [-0.1, -0.05) is 62.4 Å². The van der Waals surface area contributed by atoms with Crippen LogP contribution >= 0.6 is 0 Å². The molecule has 1 heterocycles. The smallest absolute Gasteiger partial charge is 0.414 e. The number of hydrogen-bond donors (Lipinski definition) is 4. The minimum Gasteiger partial charge on any atom is -0.481 e. The predicted molar refractivity (Wildman–Crippen MR) is 123 cm³/mol. The summed E-state index contributed by atoms with van der Waals surface area (Å²) in [7, 11) is 0. The van der Waals surface area contributed by atoms with Gasteiger partial charge in [0.05, 0.1) is 6.42 Å². The van der Waals surface area contributed by atoms with Gasteiger partial charge in [0, 0.05) is 12.0 Å². The number of amides is 2. The van der Waals surface area contributed by atoms with Gasteiger partial charge in [-0.2, -0.15) is 4.98 Å². The Bertz CT molecular complexity index is 1180. The van der Waals surface area contributed by atoms with E-state index in [1.54, 1.807) is 13.8 Å². The number of anilines is 1. The van der Waals surface area contributed by atoms with Crippen molar-refractivity contribution in [3.63, 3.8) is 0 Å². The molecule has 0 radical (unpaired) electrons. The Balaban J connectivity index is 1.36. The Hall–Kier alpha value is -4.21. The summed E-state index contributed by atoms with van der Waals surface area (Å²) < 4.78 is 5.44. The molecule has 4 N–H and O–H groups in total. The molecule has 10 heteroatoms. The van der Waals surface area contributed by atoms with Gasteiger partial charge in [-0.15, -0.1) is 5.10 Å². The molecule has 10 nitrogen and oxygen atoms in total. The van der Waals surface area contributed by atoms with Gasteiger partial charge in [0.1, 0.15) is 6.61 Å². The van der Waals surface area contributed by atoms with E-state index in [9.17, 15) is 14.4 Å². The molecule has 3 aromatic rings. The zero-order chi connectivity index (χ0) is 24.2. The minimum absolute atomic E-state index is 0.0890. The second-order valence-corrected chi connectivity index (χ2v) is 8.38. The van der Waals surface area contributed by atoms with Crippen molar-refractivity contribution in [2.45, 2.75) is 32.2 Å². The van der Waals surface area contributed by atoms with Gasteiger partial charge in [-0.25, -0.2) is 4.79 Å². The Kier molecular flexibility index (Phi) is 6.58. The molecule has 1 atom stereocenters. The van der Waals surface area contributed by atoms with E-state index in [0.29, 0.717) is 0 Å². The second-order valence-electron chi connectivity index (χ2n) is 8.38. The maximum absolute atomic E-state index is 12.4. The van der Waals surface area contributed by atoms with Crippen LogP contribution in [0.15, 0.2) is 48.5 Å². The number of carbonyl (C=O) groups is 3. The summed E-state index contributed by atoms with van der Waals surface area (Å²) in [6.45, 7) is 3.74. The molecule has 2 aromatic carbocycles. The van der Waals surface area contributed by atoms with Crippen LogP contribution in [0.2, 0.25) is 0 Å². The maximum Gasteiger partial charge on any atom is 0.414 e. The van der Waals surface area contributed by atoms with E-state index in [-0.39, 0.29) is 36.6 Å². The quantitative estimate of drug-likeness (QED) is 0.400. The van der Waals surface area contributed by atoms with Crippen LogP contribution in [-0.2, 0) is 9.53 Å². The Morgan fingerprint density at radius 2 is 1.68 bits per heavy atom. The molecule has 0 fully saturated rings. The number of rotatable bonds is 8. The number of aromatic nitrogens is 3. The number of carboxylic acid groups (broad SMARTS) is 1. The number of H-pyrrole nitrogens is 1. The van der Waals surface area contributed by atoms with Crippen molar-refractivity contribution in [3.05, 3.63) is 65.5 Å². The predicted octanol–water partition coefficient (Wildman–Crippen LogP) is 3.39. The molecule has 0 spiro atoms. The van der Waals surface area contributed by atoms with Crippen LogP contribution < -0.4 is 10.6 Å². The molecule has 0 unspecified atom stereocenters. The number of aliphatic carboxylic acids is 1. The summed E-state index contributed by atoms with van der Waals surface area (Å²) >= 11 is 0. The first-order valence-electron chi connectivity index (χ1n) is 10.9. The highest BCUT2D eigenvalue weighted by atomic mass is 16.5. The van der Waals surface area contributed by atoms with Crippen molar-refractivity contribution in [2.75, 3.05) is 11.9 Å². The molecule has 176 valence electrons. The van der Waals surface area contributed by atoms with Crippen molar-refractivity contribution in [1.82, 2.24) is 20.5 Å². The molecule has 34 heavy (non-hydrogen) atoms. The highest BCUT2D eigenvalue weighted by Gasteiger charge is 2.29. The van der Waals surface area contributed by atoms with E-state index >= 15 is 0 Å². The van der Waals surface area contributed by atoms with Crippen molar-refractivity contribution >= 4 is 23.9 Å². The summed E-state index contributed by atoms with van der Waals surface area (Å²) in [6, 6.07) is 15.4. The van der Waals surface area contributed by atoms with E-state index in [1.807, 2.05) is 36.4 Å². The Labute approximate surface area is 195 Å². The fraction of sp³-hybridized carbons (Fsp3) is 0.292. The second kappa shape index (κ2) is 9.74. The Morgan fingerprint density at radius 1 is 1.06 bits per heavy atom. The van der Waals surface area contributed by atoms with Crippen LogP contribution in [0, 0.1) is 5.92 Å². The zero-order valence-corrected chi connectivity index (χ0v) is 18.7. The summed E-state index contributed by atoms with van der Waals surface area (Å²) in [5.74, 6) is -2.09. The third-order valence-electron chi connectivity index (χ3n) is 5.77. The van der Waals surface area contributed by atoms with Gasteiger partial charge in [0.25, 0.3) is 11.9 Å². The van der Waals surface area contributed by atoms with E-state index in [2.05, 4.69) is 37.9 Å². The van der Waals surface area contributed by atoms with Gasteiger partial charge in [0.2, 0.25) is 5.82 Å². The topological polar surface area (TPSA) is 146 Å². The minimum atomic E-state index is -1.02. The van der Waals surface area contributed by atoms with E-state index in [0.717, 1.165) is 22.3 Å². The van der Waals surface area contributed by atoms with Gasteiger partial charge in [0.15, 0.2) is 0 Å². The Morgan fingerprint density at radius 3 is 2.26 bits per heavy atom. The third-order valence-corrected chi connectivity index (χ3v) is 5.77. The average molecular weight is 463 g/mol. The summed E-state index contributed by atoms with van der Waals surface area (Å²) in [6.07, 6.45) is -0.971. The van der Waals surface area contributed by atoms with Crippen LogP contribution in [0.1, 0.15) is 47.9 Å². The van der Waals surface area contributed by atoms with E-state index in [4.69, 9.17) is 9.84 Å². The molecule has 1 aromatic heterocycles. The molecule has 0 bridgehead atoms. The fourth-order valence-electron chi connectivity index (χ4n) is 4.02. The monoisotopic (exact) mass is 463 g/mol. The molecule has 0 saturated heterocycles. The lowest BCUT2D eigenvalue weighted by Crippen LogP contribution is -2.40. The number of carbonyl (C=O) groups excluding carboxylic acids is 2. The number of hydrogen-bond acceptors (Lipinski definition) is 6. The van der Waals surface area contributed by atoms with Gasteiger partial charge in [-0.05, 0) is 28.2 Å². The number of fused-ring (bicyclic) bond motifs is 3. The normalized spacial score (nSPS) is 13.1. The third kappa shape index (κ3) is 4.90. The number of carboxylic acids is 1. The molecular weight excluding hydrogens is 438 g/mol. The van der Waals surface area contributed by atoms with E-state index in [1.165, 1.54) is 0 Å². The first-order valence-corrected chi connectivity index (χ1v) is 10.9. The summed E-state index contributed by atoms with van der Waals surface area (Å²) in [5, 5.41) is 20.3. The average Bonchev–Trinajstić information content (AvgIpc) is 3.39. The first-order chi connectivity index (χ1) is 16.3. The lowest BCUT2D eigenvalue weighted by molar-refractivity contribution is -0.137. The molecule has 1 aliphatic carbocycles. The fourth-order valence-corrected chi connectivity index (χ4v) is 4.02. The lowest BCUT2D eigenvalue weighted by atomic mass is 9.98.